The molecule has 0 saturated carbocycles. The zero-order valence-corrected chi connectivity index (χ0v) is 19.3. The second-order valence-corrected chi connectivity index (χ2v) is 8.74. The number of rotatable bonds is 6. The van der Waals surface area contributed by atoms with Gasteiger partial charge in [0.1, 0.15) is 0 Å². The highest BCUT2D eigenvalue weighted by Crippen LogP contribution is 2.24. The summed E-state index contributed by atoms with van der Waals surface area (Å²) in [5.74, 6) is 0.926. The summed E-state index contributed by atoms with van der Waals surface area (Å²) in [5, 5.41) is 9.77. The minimum absolute atomic E-state index is 0.000596. The Morgan fingerprint density at radius 2 is 1.81 bits per heavy atom. The number of nitrogens with one attached hydrogen (secondary N) is 2. The summed E-state index contributed by atoms with van der Waals surface area (Å²) in [7, 11) is 0. The molecule has 0 radical (unpaired) electrons. The number of hydrogen-bond donors (Lipinski definition) is 2. The topological polar surface area (TPSA) is 100 Å². The highest BCUT2D eigenvalue weighted by Gasteiger charge is 2.26. The molecule has 4 rings (SSSR count). The van der Waals surface area contributed by atoms with E-state index < -0.39 is 0 Å². The van der Waals surface area contributed by atoms with E-state index in [-0.39, 0.29) is 17.7 Å². The predicted molar refractivity (Wildman–Crippen MR) is 125 cm³/mol. The maximum atomic E-state index is 12.7. The summed E-state index contributed by atoms with van der Waals surface area (Å²) in [6.07, 6.45) is 1.51. The molecule has 2 aromatic carbocycles. The lowest BCUT2D eigenvalue weighted by molar-refractivity contribution is -0.121. The van der Waals surface area contributed by atoms with Crippen LogP contribution in [0.25, 0.3) is 11.4 Å². The van der Waals surface area contributed by atoms with E-state index in [9.17, 15) is 9.59 Å². The van der Waals surface area contributed by atoms with Crippen LogP contribution in [0.15, 0.2) is 57.5 Å². The molecule has 0 atom stereocenters. The standard InChI is InChI=1S/C23H24BrN5O3/c1-15(30)25-19-6-3-7-20(13-19)26-23(31)16-8-10-29(11-9-16)14-21-27-22(28-32-21)17-4-2-5-18(24)12-17/h2-7,12-13,16H,8-11,14H2,1H3,(H,25,30)(H,26,31). The van der Waals surface area contributed by atoms with Crippen LogP contribution < -0.4 is 10.6 Å². The van der Waals surface area contributed by atoms with Crippen molar-refractivity contribution in [1.29, 1.82) is 0 Å². The molecule has 1 fully saturated rings. The maximum absolute atomic E-state index is 12.7. The molecular weight excluding hydrogens is 474 g/mol. The van der Waals surface area contributed by atoms with Crippen molar-refractivity contribution < 1.29 is 14.1 Å². The van der Waals surface area contributed by atoms with Gasteiger partial charge >= 0.3 is 0 Å². The fourth-order valence-electron chi connectivity index (χ4n) is 3.73. The van der Waals surface area contributed by atoms with Crippen LogP contribution in [0.1, 0.15) is 25.7 Å². The number of hydrogen-bond acceptors (Lipinski definition) is 6. The van der Waals surface area contributed by atoms with E-state index in [1.165, 1.54) is 6.92 Å². The molecule has 8 nitrogen and oxygen atoms in total. The molecule has 32 heavy (non-hydrogen) atoms. The molecule has 2 N–H and O–H groups in total. The fraction of sp³-hybridized carbons (Fsp3) is 0.304. The van der Waals surface area contributed by atoms with Crippen LogP contribution in [0.2, 0.25) is 0 Å². The van der Waals surface area contributed by atoms with Gasteiger partial charge in [0.05, 0.1) is 6.54 Å². The van der Waals surface area contributed by atoms with Gasteiger partial charge in [0, 0.05) is 34.3 Å². The second-order valence-electron chi connectivity index (χ2n) is 7.82. The third kappa shape index (κ3) is 5.80. The number of carbonyl (C=O) groups excluding carboxylic acids is 2. The summed E-state index contributed by atoms with van der Waals surface area (Å²) in [5.41, 5.74) is 2.23. The Balaban J connectivity index is 1.28. The van der Waals surface area contributed by atoms with Gasteiger partial charge in [0.15, 0.2) is 0 Å². The van der Waals surface area contributed by atoms with Crippen molar-refractivity contribution in [2.24, 2.45) is 5.92 Å². The molecule has 0 aliphatic carbocycles. The number of anilines is 2. The lowest BCUT2D eigenvalue weighted by Crippen LogP contribution is -2.37. The van der Waals surface area contributed by atoms with Crippen LogP contribution in [0.3, 0.4) is 0 Å². The average molecular weight is 498 g/mol. The Bertz CT molecular complexity index is 1110. The van der Waals surface area contributed by atoms with E-state index in [0.29, 0.717) is 29.6 Å². The van der Waals surface area contributed by atoms with Crippen LogP contribution in [0.5, 0.6) is 0 Å². The van der Waals surface area contributed by atoms with Crippen LogP contribution in [0.4, 0.5) is 11.4 Å². The van der Waals surface area contributed by atoms with Gasteiger partial charge in [-0.1, -0.05) is 39.3 Å². The van der Waals surface area contributed by atoms with Crippen molar-refractivity contribution in [1.82, 2.24) is 15.0 Å². The molecule has 1 saturated heterocycles. The third-order valence-corrected chi connectivity index (χ3v) is 5.81. The van der Waals surface area contributed by atoms with E-state index in [1.54, 1.807) is 18.2 Å². The Hall–Kier alpha value is -3.04. The summed E-state index contributed by atoms with van der Waals surface area (Å²) < 4.78 is 6.39. The van der Waals surface area contributed by atoms with Crippen LogP contribution >= 0.6 is 15.9 Å². The number of likely N-dealkylation sites (tertiary alicyclic amines) is 1. The smallest absolute Gasteiger partial charge is 0.241 e. The zero-order valence-electron chi connectivity index (χ0n) is 17.7. The number of benzene rings is 2. The highest BCUT2D eigenvalue weighted by molar-refractivity contribution is 9.10. The first-order chi connectivity index (χ1) is 15.5. The molecule has 2 amide bonds. The van der Waals surface area contributed by atoms with Crippen LogP contribution in [-0.4, -0.2) is 39.9 Å². The summed E-state index contributed by atoms with van der Waals surface area (Å²) >= 11 is 3.45. The Morgan fingerprint density at radius 3 is 2.53 bits per heavy atom. The largest absolute Gasteiger partial charge is 0.338 e. The van der Waals surface area contributed by atoms with Crippen molar-refractivity contribution in [2.75, 3.05) is 23.7 Å². The third-order valence-electron chi connectivity index (χ3n) is 5.32. The first kappa shape index (κ1) is 22.2. The maximum Gasteiger partial charge on any atom is 0.241 e. The van der Waals surface area contributed by atoms with E-state index in [1.807, 2.05) is 30.3 Å². The van der Waals surface area contributed by atoms with Gasteiger partial charge in [0.2, 0.25) is 23.5 Å². The summed E-state index contributed by atoms with van der Waals surface area (Å²) in [6.45, 7) is 3.57. The fourth-order valence-corrected chi connectivity index (χ4v) is 4.13. The van der Waals surface area contributed by atoms with Crippen molar-refractivity contribution in [3.05, 3.63) is 58.9 Å². The molecule has 0 bridgehead atoms. The number of nitrogens with zero attached hydrogens (tertiary/aromatic N) is 3. The second kappa shape index (κ2) is 10.1. The van der Waals surface area contributed by atoms with E-state index >= 15 is 0 Å². The van der Waals surface area contributed by atoms with Gasteiger partial charge in [-0.25, -0.2) is 0 Å². The minimum Gasteiger partial charge on any atom is -0.338 e. The molecule has 9 heteroatoms. The van der Waals surface area contributed by atoms with E-state index in [4.69, 9.17) is 4.52 Å². The zero-order chi connectivity index (χ0) is 22.5. The SMILES string of the molecule is CC(=O)Nc1cccc(NC(=O)C2CCN(Cc3nc(-c4cccc(Br)c4)no3)CC2)c1. The summed E-state index contributed by atoms with van der Waals surface area (Å²) in [4.78, 5) is 30.6. The van der Waals surface area contributed by atoms with Gasteiger partial charge in [0.25, 0.3) is 0 Å². The number of piperidine rings is 1. The average Bonchev–Trinajstić information content (AvgIpc) is 3.22. The first-order valence-electron chi connectivity index (χ1n) is 10.5. The molecule has 0 spiro atoms. The Morgan fingerprint density at radius 1 is 1.09 bits per heavy atom. The predicted octanol–water partition coefficient (Wildman–Crippen LogP) is 4.31. The van der Waals surface area contributed by atoms with Crippen LogP contribution in [0, 0.1) is 5.92 Å². The van der Waals surface area contributed by atoms with E-state index in [2.05, 4.69) is 41.6 Å². The number of amides is 2. The van der Waals surface area contributed by atoms with E-state index in [0.717, 1.165) is 36.0 Å². The molecule has 3 aromatic rings. The van der Waals surface area contributed by atoms with Gasteiger partial charge in [-0.15, -0.1) is 0 Å². The Kier molecular flexibility index (Phi) is 6.96. The molecule has 1 aliphatic rings. The number of halogens is 1. The van der Waals surface area contributed by atoms with Gasteiger partial charge in [-0.05, 0) is 56.3 Å². The number of carbonyl (C=O) groups is 2. The lowest BCUT2D eigenvalue weighted by Gasteiger charge is -2.30. The highest BCUT2D eigenvalue weighted by atomic mass is 79.9. The van der Waals surface area contributed by atoms with Crippen molar-refractivity contribution in [2.45, 2.75) is 26.3 Å². The first-order valence-corrected chi connectivity index (χ1v) is 11.2. The monoisotopic (exact) mass is 497 g/mol. The van der Waals surface area contributed by atoms with Crippen molar-refractivity contribution in [3.8, 4) is 11.4 Å². The molecular formula is C23H24BrN5O3. The molecule has 1 aromatic heterocycles. The van der Waals surface area contributed by atoms with Gasteiger partial charge < -0.3 is 15.2 Å². The van der Waals surface area contributed by atoms with Crippen molar-refractivity contribution in [3.63, 3.8) is 0 Å². The quantitative estimate of drug-likeness (QED) is 0.526. The molecule has 2 heterocycles. The van der Waals surface area contributed by atoms with Crippen molar-refractivity contribution >= 4 is 39.1 Å². The van der Waals surface area contributed by atoms with Gasteiger partial charge in [-0.2, -0.15) is 4.98 Å². The summed E-state index contributed by atoms with van der Waals surface area (Å²) in [6, 6.07) is 14.9. The molecule has 1 aliphatic heterocycles. The lowest BCUT2D eigenvalue weighted by atomic mass is 9.96. The molecule has 0 unspecified atom stereocenters. The Labute approximate surface area is 194 Å². The van der Waals surface area contributed by atoms with Gasteiger partial charge in [-0.3, -0.25) is 14.5 Å². The number of aromatic nitrogens is 2. The van der Waals surface area contributed by atoms with Crippen LogP contribution in [-0.2, 0) is 16.1 Å². The molecule has 166 valence electrons. The normalized spacial score (nSPS) is 14.8. The minimum atomic E-state index is -0.147.